The van der Waals surface area contributed by atoms with Crippen molar-refractivity contribution in [1.29, 1.82) is 0 Å². The molecule has 3 aromatic carbocycles. The summed E-state index contributed by atoms with van der Waals surface area (Å²) in [6.45, 7) is 2.89. The number of hydrogen-bond donors (Lipinski definition) is 0. The molecule has 1 aliphatic heterocycles. The van der Waals surface area contributed by atoms with Crippen molar-refractivity contribution in [3.05, 3.63) is 88.5 Å². The molecule has 31 heavy (non-hydrogen) atoms. The molecule has 0 amide bonds. The summed E-state index contributed by atoms with van der Waals surface area (Å²) in [5.41, 5.74) is 2.66. The molecule has 0 unspecified atom stereocenters. The van der Waals surface area contributed by atoms with Crippen LogP contribution in [-0.4, -0.2) is 32.1 Å². The molecule has 0 aliphatic carbocycles. The molecular formula is C25H22O6. The first-order valence-corrected chi connectivity index (χ1v) is 9.91. The molecule has 158 valence electrons. The van der Waals surface area contributed by atoms with Gasteiger partial charge in [-0.2, -0.15) is 0 Å². The average Bonchev–Trinajstić information content (AvgIpc) is 2.81. The van der Waals surface area contributed by atoms with Gasteiger partial charge in [-0.05, 0) is 43.3 Å². The van der Waals surface area contributed by atoms with Crippen molar-refractivity contribution in [1.82, 2.24) is 0 Å². The summed E-state index contributed by atoms with van der Waals surface area (Å²) >= 11 is 0. The first-order chi connectivity index (χ1) is 15.1. The number of hydrogen-bond acceptors (Lipinski definition) is 6. The first-order valence-electron chi connectivity index (χ1n) is 9.91. The third kappa shape index (κ3) is 4.38. The predicted octanol–water partition coefficient (Wildman–Crippen LogP) is 4.36. The molecule has 0 bridgehead atoms. The Balaban J connectivity index is 1.56. The average molecular weight is 418 g/mol. The summed E-state index contributed by atoms with van der Waals surface area (Å²) in [5.74, 6) is 0.882. The van der Waals surface area contributed by atoms with Crippen molar-refractivity contribution in [3.63, 3.8) is 0 Å². The number of benzene rings is 3. The van der Waals surface area contributed by atoms with Gasteiger partial charge in [-0.15, -0.1) is 0 Å². The number of fused-ring (bicyclic) bond motifs is 1. The Bertz CT molecular complexity index is 1130. The minimum Gasteiger partial charge on any atom is -0.496 e. The Morgan fingerprint density at radius 2 is 1.65 bits per heavy atom. The quantitative estimate of drug-likeness (QED) is 0.438. The van der Waals surface area contributed by atoms with Gasteiger partial charge >= 0.3 is 5.97 Å². The summed E-state index contributed by atoms with van der Waals surface area (Å²) in [6, 6.07) is 17.3. The Labute approximate surface area is 180 Å². The smallest absolute Gasteiger partial charge is 0.339 e. The number of rotatable bonds is 6. The van der Waals surface area contributed by atoms with Crippen LogP contribution in [0.3, 0.4) is 0 Å². The van der Waals surface area contributed by atoms with Crippen LogP contribution in [0, 0.1) is 6.92 Å². The highest BCUT2D eigenvalue weighted by molar-refractivity contribution is 6.14. The van der Waals surface area contributed by atoms with E-state index in [1.54, 1.807) is 49.6 Å². The number of carbonyl (C=O) groups excluding carboxylic acids is 2. The minimum atomic E-state index is -0.579. The number of aryl methyl sites for hydroxylation is 1. The van der Waals surface area contributed by atoms with Crippen molar-refractivity contribution >= 4 is 11.8 Å². The van der Waals surface area contributed by atoms with Gasteiger partial charge in [-0.25, -0.2) is 4.79 Å². The Kier molecular flexibility index (Phi) is 5.89. The van der Waals surface area contributed by atoms with Crippen molar-refractivity contribution in [2.24, 2.45) is 0 Å². The van der Waals surface area contributed by atoms with Gasteiger partial charge in [-0.3, -0.25) is 4.79 Å². The van der Waals surface area contributed by atoms with E-state index >= 15 is 0 Å². The molecule has 0 N–H and O–H groups in total. The second-order valence-corrected chi connectivity index (χ2v) is 7.12. The fraction of sp³-hybridized carbons (Fsp3) is 0.200. The van der Waals surface area contributed by atoms with Crippen molar-refractivity contribution < 1.29 is 28.5 Å². The van der Waals surface area contributed by atoms with Crippen LogP contribution in [0.15, 0.2) is 60.7 Å². The van der Waals surface area contributed by atoms with Crippen LogP contribution in [-0.2, 0) is 11.3 Å². The maximum Gasteiger partial charge on any atom is 0.339 e. The molecule has 6 heteroatoms. The maximum atomic E-state index is 13.2. The normalized spacial score (nSPS) is 12.2. The number of methoxy groups -OCH3 is 1. The monoisotopic (exact) mass is 418 g/mol. The van der Waals surface area contributed by atoms with Crippen molar-refractivity contribution in [2.75, 3.05) is 20.3 Å². The summed E-state index contributed by atoms with van der Waals surface area (Å²) in [7, 11) is 1.57. The summed E-state index contributed by atoms with van der Waals surface area (Å²) < 4.78 is 21.9. The van der Waals surface area contributed by atoms with Crippen LogP contribution in [0.4, 0.5) is 0 Å². The molecule has 0 saturated heterocycles. The lowest BCUT2D eigenvalue weighted by Gasteiger charge is -2.18. The van der Waals surface area contributed by atoms with Crippen LogP contribution in [0.25, 0.3) is 0 Å². The first kappa shape index (κ1) is 20.5. The Morgan fingerprint density at radius 1 is 0.903 bits per heavy atom. The second kappa shape index (κ2) is 8.92. The van der Waals surface area contributed by atoms with Crippen LogP contribution in [0.1, 0.15) is 37.4 Å². The van der Waals surface area contributed by atoms with Crippen molar-refractivity contribution in [3.8, 4) is 17.2 Å². The molecule has 0 saturated carbocycles. The molecule has 0 atom stereocenters. The van der Waals surface area contributed by atoms with Crippen LogP contribution < -0.4 is 14.2 Å². The zero-order valence-corrected chi connectivity index (χ0v) is 17.3. The fourth-order valence-corrected chi connectivity index (χ4v) is 3.44. The van der Waals surface area contributed by atoms with E-state index in [0.717, 1.165) is 11.1 Å². The van der Waals surface area contributed by atoms with E-state index in [0.29, 0.717) is 36.0 Å². The lowest BCUT2D eigenvalue weighted by molar-refractivity contribution is 0.0467. The van der Waals surface area contributed by atoms with Gasteiger partial charge in [0, 0.05) is 16.7 Å². The van der Waals surface area contributed by atoms with E-state index in [2.05, 4.69) is 0 Å². The summed E-state index contributed by atoms with van der Waals surface area (Å²) in [5, 5.41) is 0. The second-order valence-electron chi connectivity index (χ2n) is 7.12. The van der Waals surface area contributed by atoms with E-state index in [1.807, 2.05) is 25.1 Å². The zero-order chi connectivity index (χ0) is 21.8. The molecule has 0 radical (unpaired) electrons. The molecule has 1 aliphatic rings. The van der Waals surface area contributed by atoms with E-state index in [1.165, 1.54) is 0 Å². The topological polar surface area (TPSA) is 71.1 Å². The largest absolute Gasteiger partial charge is 0.496 e. The van der Waals surface area contributed by atoms with Gasteiger partial charge in [0.25, 0.3) is 0 Å². The highest BCUT2D eigenvalue weighted by Crippen LogP contribution is 2.32. The maximum absolute atomic E-state index is 13.2. The van der Waals surface area contributed by atoms with Gasteiger partial charge in [0.05, 0.1) is 12.7 Å². The molecule has 0 fully saturated rings. The fourth-order valence-electron chi connectivity index (χ4n) is 3.44. The molecule has 0 spiro atoms. The molecule has 4 rings (SSSR count). The molecule has 6 nitrogen and oxygen atoms in total. The highest BCUT2D eigenvalue weighted by Gasteiger charge is 2.21. The molecule has 0 aromatic heterocycles. The van der Waals surface area contributed by atoms with Gasteiger partial charge in [0.1, 0.15) is 25.6 Å². The van der Waals surface area contributed by atoms with E-state index in [-0.39, 0.29) is 23.5 Å². The summed E-state index contributed by atoms with van der Waals surface area (Å²) in [4.78, 5) is 26.0. The molecular weight excluding hydrogens is 396 g/mol. The van der Waals surface area contributed by atoms with Gasteiger partial charge < -0.3 is 18.9 Å². The van der Waals surface area contributed by atoms with Crippen LogP contribution in [0.5, 0.6) is 17.2 Å². The van der Waals surface area contributed by atoms with E-state index < -0.39 is 5.97 Å². The number of ether oxygens (including phenoxy) is 4. The third-order valence-corrected chi connectivity index (χ3v) is 4.99. The van der Waals surface area contributed by atoms with E-state index in [9.17, 15) is 9.59 Å². The van der Waals surface area contributed by atoms with Gasteiger partial charge in [0.15, 0.2) is 17.3 Å². The molecule has 1 heterocycles. The lowest BCUT2D eigenvalue weighted by atomic mass is 9.98. The Morgan fingerprint density at radius 3 is 2.42 bits per heavy atom. The van der Waals surface area contributed by atoms with E-state index in [4.69, 9.17) is 18.9 Å². The Hall–Kier alpha value is -3.80. The van der Waals surface area contributed by atoms with Crippen molar-refractivity contribution in [2.45, 2.75) is 13.5 Å². The highest BCUT2D eigenvalue weighted by atomic mass is 16.6. The number of carbonyl (C=O) groups is 2. The van der Waals surface area contributed by atoms with Crippen LogP contribution >= 0.6 is 0 Å². The minimum absolute atomic E-state index is 0.0379. The van der Waals surface area contributed by atoms with Crippen LogP contribution in [0.2, 0.25) is 0 Å². The molecule has 3 aromatic rings. The standard InChI is InChI=1S/C25H22O6/c1-16-7-9-21(28-2)18(13-16)15-31-25(27)20-6-4-3-5-19(20)24(26)17-8-10-22-23(14-17)30-12-11-29-22/h3-10,13-14H,11-12,15H2,1-2H3. The predicted molar refractivity (Wildman–Crippen MR) is 114 cm³/mol. The number of ketones is 1. The SMILES string of the molecule is COc1ccc(C)cc1COC(=O)c1ccccc1C(=O)c1ccc2c(c1)OCCO2. The number of esters is 1. The summed E-state index contributed by atoms with van der Waals surface area (Å²) in [6.07, 6.45) is 0. The third-order valence-electron chi connectivity index (χ3n) is 4.99. The lowest BCUT2D eigenvalue weighted by Crippen LogP contribution is -2.16. The van der Waals surface area contributed by atoms with Gasteiger partial charge in [-0.1, -0.05) is 29.8 Å². The zero-order valence-electron chi connectivity index (χ0n) is 17.3. The van der Waals surface area contributed by atoms with Gasteiger partial charge in [0.2, 0.25) is 0 Å².